The first-order valence-corrected chi connectivity index (χ1v) is 10.7. The number of fused-ring (bicyclic) bond motifs is 1. The Labute approximate surface area is 180 Å². The lowest BCUT2D eigenvalue weighted by molar-refractivity contribution is -0.0429. The molecular formula is C21H16F3N3O4S. The van der Waals surface area contributed by atoms with Crippen molar-refractivity contribution >= 4 is 26.5 Å². The van der Waals surface area contributed by atoms with Crippen molar-refractivity contribution < 1.29 is 30.8 Å². The molecule has 4 rings (SSSR count). The number of nitrogens with one attached hydrogen (secondary N) is 1. The van der Waals surface area contributed by atoms with Gasteiger partial charge >= 0.3 is 15.5 Å². The smallest absolute Gasteiger partial charge is 0.483 e. The molecule has 0 unspecified atom stereocenters. The van der Waals surface area contributed by atoms with Crippen LogP contribution in [-0.4, -0.2) is 24.1 Å². The third kappa shape index (κ3) is 4.52. The van der Waals surface area contributed by atoms with Gasteiger partial charge in [-0.2, -0.15) is 26.6 Å². The zero-order valence-electron chi connectivity index (χ0n) is 16.6. The molecule has 0 saturated carbocycles. The first-order chi connectivity index (χ1) is 15.1. The predicted molar refractivity (Wildman–Crippen MR) is 111 cm³/mol. The quantitative estimate of drug-likeness (QED) is 0.431. The van der Waals surface area contributed by atoms with Crippen LogP contribution in [0.2, 0.25) is 0 Å². The van der Waals surface area contributed by atoms with E-state index in [0.29, 0.717) is 22.3 Å². The van der Waals surface area contributed by atoms with Crippen LogP contribution in [0.5, 0.6) is 5.75 Å². The minimum atomic E-state index is -5.51. The molecule has 0 atom stereocenters. The van der Waals surface area contributed by atoms with Crippen molar-refractivity contribution in [1.29, 1.82) is 0 Å². The number of aryl methyl sites for hydroxylation is 1. The second-order valence-corrected chi connectivity index (χ2v) is 8.58. The summed E-state index contributed by atoms with van der Waals surface area (Å²) in [7, 11) is -5.51. The minimum Gasteiger partial charge on any atom is -0.483 e. The van der Waals surface area contributed by atoms with Gasteiger partial charge in [0.1, 0.15) is 5.75 Å². The van der Waals surface area contributed by atoms with Gasteiger partial charge in [0, 0.05) is 16.6 Å². The maximum absolute atomic E-state index is 12.6. The first-order valence-electron chi connectivity index (χ1n) is 9.27. The fourth-order valence-electron chi connectivity index (χ4n) is 2.93. The van der Waals surface area contributed by atoms with Crippen molar-refractivity contribution in [2.24, 2.45) is 0 Å². The van der Waals surface area contributed by atoms with Crippen molar-refractivity contribution in [3.8, 4) is 17.1 Å². The molecule has 0 aliphatic heterocycles. The van der Waals surface area contributed by atoms with Crippen molar-refractivity contribution in [3.63, 3.8) is 0 Å². The molecule has 0 fully saturated rings. The number of hydrogen-bond donors (Lipinski definition) is 1. The predicted octanol–water partition coefficient (Wildman–Crippen LogP) is 5.04. The molecule has 0 saturated heterocycles. The highest BCUT2D eigenvalue weighted by atomic mass is 32.2. The monoisotopic (exact) mass is 463 g/mol. The molecule has 11 heteroatoms. The summed E-state index contributed by atoms with van der Waals surface area (Å²) in [6.45, 7) is 1.94. The maximum atomic E-state index is 12.6. The SMILES string of the molecule is Cc1ccc(-c2noc(COc3cccc4cc(NS(=O)(=O)C(F)(F)F)ccc34)n2)cc1. The first kappa shape index (κ1) is 21.6. The van der Waals surface area contributed by atoms with E-state index in [4.69, 9.17) is 9.26 Å². The Balaban J connectivity index is 1.51. The molecule has 1 heterocycles. The van der Waals surface area contributed by atoms with Gasteiger partial charge in [-0.25, -0.2) is 0 Å². The molecule has 4 aromatic rings. The molecule has 32 heavy (non-hydrogen) atoms. The Hall–Kier alpha value is -3.60. The van der Waals surface area contributed by atoms with Crippen LogP contribution in [0.4, 0.5) is 18.9 Å². The Morgan fingerprint density at radius 3 is 2.53 bits per heavy atom. The minimum absolute atomic E-state index is 0.0274. The maximum Gasteiger partial charge on any atom is 0.516 e. The van der Waals surface area contributed by atoms with Gasteiger partial charge < -0.3 is 9.26 Å². The van der Waals surface area contributed by atoms with Gasteiger partial charge in [0.15, 0.2) is 6.61 Å². The van der Waals surface area contributed by atoms with Gasteiger partial charge in [-0.15, -0.1) is 0 Å². The molecule has 3 aromatic carbocycles. The van der Waals surface area contributed by atoms with Crippen LogP contribution in [0.1, 0.15) is 11.5 Å². The van der Waals surface area contributed by atoms with Crippen LogP contribution in [-0.2, 0) is 16.6 Å². The van der Waals surface area contributed by atoms with E-state index in [1.54, 1.807) is 18.2 Å². The molecule has 1 N–H and O–H groups in total. The van der Waals surface area contributed by atoms with Gasteiger partial charge in [0.05, 0.1) is 0 Å². The number of rotatable bonds is 6. The number of hydrogen-bond acceptors (Lipinski definition) is 6. The van der Waals surface area contributed by atoms with E-state index < -0.39 is 15.5 Å². The molecular weight excluding hydrogens is 447 g/mol. The number of halogens is 3. The number of nitrogens with zero attached hydrogens (tertiary/aromatic N) is 2. The molecule has 0 bridgehead atoms. The van der Waals surface area contributed by atoms with E-state index in [1.807, 2.05) is 31.2 Å². The summed E-state index contributed by atoms with van der Waals surface area (Å²) in [6, 6.07) is 16.5. The standard InChI is InChI=1S/C21H16F3N3O4S/c1-13-5-7-14(8-6-13)20-25-19(31-26-20)12-30-18-4-2-3-15-11-16(9-10-17(15)18)27-32(28,29)21(22,23)24/h2-11,27H,12H2,1H3. The summed E-state index contributed by atoms with van der Waals surface area (Å²) in [6.07, 6.45) is 0. The van der Waals surface area contributed by atoms with Crippen molar-refractivity contribution in [2.45, 2.75) is 19.0 Å². The third-order valence-electron chi connectivity index (χ3n) is 4.53. The summed E-state index contributed by atoms with van der Waals surface area (Å²) >= 11 is 0. The Morgan fingerprint density at radius 1 is 1.06 bits per heavy atom. The molecule has 1 aromatic heterocycles. The lowest BCUT2D eigenvalue weighted by atomic mass is 10.1. The number of alkyl halides is 3. The second-order valence-electron chi connectivity index (χ2n) is 6.91. The van der Waals surface area contributed by atoms with Crippen molar-refractivity contribution in [3.05, 3.63) is 72.1 Å². The van der Waals surface area contributed by atoms with Crippen LogP contribution in [0, 0.1) is 6.92 Å². The average Bonchev–Trinajstić information content (AvgIpc) is 3.20. The third-order valence-corrected chi connectivity index (χ3v) is 5.64. The zero-order chi connectivity index (χ0) is 22.9. The Kier molecular flexibility index (Phi) is 5.51. The molecule has 0 aliphatic carbocycles. The molecule has 0 radical (unpaired) electrons. The summed E-state index contributed by atoms with van der Waals surface area (Å²) < 4.78 is 72.9. The number of ether oxygens (including phenoxy) is 1. The summed E-state index contributed by atoms with van der Waals surface area (Å²) in [5, 5.41) is 4.99. The molecule has 0 aliphatic rings. The summed E-state index contributed by atoms with van der Waals surface area (Å²) in [5.74, 6) is 1.08. The van der Waals surface area contributed by atoms with E-state index in [0.717, 1.165) is 11.1 Å². The number of benzene rings is 3. The van der Waals surface area contributed by atoms with E-state index in [-0.39, 0.29) is 18.2 Å². The fraction of sp³-hybridized carbons (Fsp3) is 0.143. The molecule has 166 valence electrons. The zero-order valence-corrected chi connectivity index (χ0v) is 17.4. The normalized spacial score (nSPS) is 12.1. The Bertz CT molecular complexity index is 1370. The van der Waals surface area contributed by atoms with Crippen molar-refractivity contribution in [2.75, 3.05) is 4.72 Å². The highest BCUT2D eigenvalue weighted by Crippen LogP contribution is 2.31. The molecule has 0 amide bonds. The highest BCUT2D eigenvalue weighted by molar-refractivity contribution is 7.93. The number of aromatic nitrogens is 2. The fourth-order valence-corrected chi connectivity index (χ4v) is 3.48. The van der Waals surface area contributed by atoms with Crippen LogP contribution in [0.15, 0.2) is 65.2 Å². The van der Waals surface area contributed by atoms with Crippen LogP contribution >= 0.6 is 0 Å². The highest BCUT2D eigenvalue weighted by Gasteiger charge is 2.46. The van der Waals surface area contributed by atoms with E-state index >= 15 is 0 Å². The number of anilines is 1. The molecule has 7 nitrogen and oxygen atoms in total. The van der Waals surface area contributed by atoms with Crippen molar-refractivity contribution in [1.82, 2.24) is 10.1 Å². The van der Waals surface area contributed by atoms with Gasteiger partial charge in [-0.1, -0.05) is 47.1 Å². The van der Waals surface area contributed by atoms with Gasteiger partial charge in [-0.3, -0.25) is 4.72 Å². The lowest BCUT2D eigenvalue weighted by Crippen LogP contribution is -2.29. The second kappa shape index (κ2) is 8.15. The lowest BCUT2D eigenvalue weighted by Gasteiger charge is -2.12. The largest absolute Gasteiger partial charge is 0.516 e. The van der Waals surface area contributed by atoms with Gasteiger partial charge in [0.2, 0.25) is 5.82 Å². The summed E-state index contributed by atoms with van der Waals surface area (Å²) in [5.41, 5.74) is -3.73. The van der Waals surface area contributed by atoms with Crippen LogP contribution in [0.25, 0.3) is 22.2 Å². The van der Waals surface area contributed by atoms with E-state index in [1.165, 1.54) is 22.9 Å². The molecule has 0 spiro atoms. The van der Waals surface area contributed by atoms with E-state index in [2.05, 4.69) is 10.1 Å². The average molecular weight is 463 g/mol. The number of sulfonamides is 1. The van der Waals surface area contributed by atoms with Crippen LogP contribution in [0.3, 0.4) is 0 Å². The van der Waals surface area contributed by atoms with E-state index in [9.17, 15) is 21.6 Å². The van der Waals surface area contributed by atoms with Gasteiger partial charge in [0.25, 0.3) is 5.89 Å². The van der Waals surface area contributed by atoms with Gasteiger partial charge in [-0.05, 0) is 36.6 Å². The summed E-state index contributed by atoms with van der Waals surface area (Å²) in [4.78, 5) is 4.30. The van der Waals surface area contributed by atoms with Crippen LogP contribution < -0.4 is 9.46 Å². The topological polar surface area (TPSA) is 94.3 Å². The Morgan fingerprint density at radius 2 is 1.81 bits per heavy atom.